The number of thiazole rings is 1. The lowest BCUT2D eigenvalue weighted by molar-refractivity contribution is 0.483. The van der Waals surface area contributed by atoms with Crippen molar-refractivity contribution in [2.45, 2.75) is 6.42 Å². The number of para-hydroxylation sites is 1. The molecule has 0 saturated heterocycles. The van der Waals surface area contributed by atoms with Gasteiger partial charge in [0.1, 0.15) is 11.5 Å². The molecule has 0 atom stereocenters. The maximum Gasteiger partial charge on any atom is 0.192 e. The molecule has 0 spiro atoms. The van der Waals surface area contributed by atoms with Gasteiger partial charge in [-0.25, -0.2) is 4.98 Å². The van der Waals surface area contributed by atoms with E-state index in [2.05, 4.69) is 61.7 Å². The van der Waals surface area contributed by atoms with Gasteiger partial charge in [-0.15, -0.1) is 11.3 Å². The van der Waals surface area contributed by atoms with Crippen molar-refractivity contribution in [3.63, 3.8) is 0 Å². The van der Waals surface area contributed by atoms with Crippen LogP contribution in [0.3, 0.4) is 0 Å². The molecule has 0 saturated carbocycles. The Morgan fingerprint density at radius 3 is 2.41 bits per heavy atom. The van der Waals surface area contributed by atoms with Crippen LogP contribution in [-0.4, -0.2) is 4.98 Å². The third-order valence-electron chi connectivity index (χ3n) is 4.66. The van der Waals surface area contributed by atoms with Gasteiger partial charge in [0.2, 0.25) is 0 Å². The van der Waals surface area contributed by atoms with Crippen molar-refractivity contribution in [2.75, 3.05) is 3.53 Å². The maximum absolute atomic E-state index is 5.88. The second-order valence-electron chi connectivity index (χ2n) is 6.37. The van der Waals surface area contributed by atoms with Crippen LogP contribution in [0.4, 0.5) is 5.13 Å². The van der Waals surface area contributed by atoms with Crippen molar-refractivity contribution in [3.8, 4) is 33.9 Å². The fraction of sp³-hybridized carbons (Fsp3) is 0.0455. The number of nitrogens with zero attached hydrogens (tertiary/aromatic N) is 1. The molecule has 1 aliphatic rings. The van der Waals surface area contributed by atoms with E-state index < -0.39 is 0 Å². The van der Waals surface area contributed by atoms with E-state index in [1.54, 1.807) is 11.3 Å². The molecule has 0 amide bonds. The summed E-state index contributed by atoms with van der Waals surface area (Å²) in [5.74, 6) is 1.69. The first-order chi connectivity index (χ1) is 13.3. The lowest BCUT2D eigenvalue weighted by Gasteiger charge is -2.08. The third-order valence-corrected chi connectivity index (χ3v) is 6.50. The topological polar surface area (TPSA) is 34.2 Å². The molecule has 1 N–H and O–H groups in total. The maximum atomic E-state index is 5.88. The Morgan fingerprint density at radius 2 is 1.63 bits per heavy atom. The van der Waals surface area contributed by atoms with E-state index in [9.17, 15) is 0 Å². The molecule has 27 heavy (non-hydrogen) atoms. The molecule has 5 rings (SSSR count). The molecule has 132 valence electrons. The van der Waals surface area contributed by atoms with Gasteiger partial charge >= 0.3 is 0 Å². The van der Waals surface area contributed by atoms with Crippen molar-refractivity contribution in [1.29, 1.82) is 0 Å². The first-order valence-electron chi connectivity index (χ1n) is 8.63. The fourth-order valence-electron chi connectivity index (χ4n) is 3.39. The highest BCUT2D eigenvalue weighted by Crippen LogP contribution is 2.42. The zero-order valence-electron chi connectivity index (χ0n) is 14.3. The normalized spacial score (nSPS) is 11.7. The SMILES string of the molecule is INc1nc2c(s1)Cc1cc(-c3ccc(Oc4ccccc4)cc3)ccc1-2. The summed E-state index contributed by atoms with van der Waals surface area (Å²) in [4.78, 5) is 6.03. The van der Waals surface area contributed by atoms with Crippen molar-refractivity contribution < 1.29 is 4.74 Å². The van der Waals surface area contributed by atoms with Gasteiger partial charge in [-0.2, -0.15) is 0 Å². The highest BCUT2D eigenvalue weighted by atomic mass is 127. The minimum absolute atomic E-state index is 0.844. The van der Waals surface area contributed by atoms with Crippen LogP contribution in [0.25, 0.3) is 22.4 Å². The van der Waals surface area contributed by atoms with Crippen LogP contribution < -0.4 is 8.27 Å². The summed E-state index contributed by atoms with van der Waals surface area (Å²) in [6.07, 6.45) is 0.962. The summed E-state index contributed by atoms with van der Waals surface area (Å²) in [7, 11) is 0. The van der Waals surface area contributed by atoms with E-state index in [-0.39, 0.29) is 0 Å². The first-order valence-corrected chi connectivity index (χ1v) is 10.5. The largest absolute Gasteiger partial charge is 0.457 e. The number of aromatic nitrogens is 1. The lowest BCUT2D eigenvalue weighted by atomic mass is 10.00. The molecular formula is C22H15IN2OS. The molecule has 4 aromatic rings. The molecule has 0 bridgehead atoms. The van der Waals surface area contributed by atoms with E-state index >= 15 is 0 Å². The van der Waals surface area contributed by atoms with Gasteiger partial charge in [0.05, 0.1) is 28.6 Å². The van der Waals surface area contributed by atoms with Gasteiger partial charge in [-0.1, -0.05) is 48.5 Å². The minimum Gasteiger partial charge on any atom is -0.457 e. The molecule has 0 radical (unpaired) electrons. The molecule has 0 fully saturated rings. The quantitative estimate of drug-likeness (QED) is 0.223. The minimum atomic E-state index is 0.844. The van der Waals surface area contributed by atoms with Crippen molar-refractivity contribution >= 4 is 39.3 Å². The van der Waals surface area contributed by atoms with Gasteiger partial charge in [0.25, 0.3) is 0 Å². The van der Waals surface area contributed by atoms with Gasteiger partial charge in [-0.3, -0.25) is 0 Å². The number of nitrogens with one attached hydrogen (secondary N) is 1. The molecule has 1 heterocycles. The average Bonchev–Trinajstić information content (AvgIpc) is 3.26. The molecule has 0 unspecified atom stereocenters. The molecule has 1 aromatic heterocycles. The Balaban J connectivity index is 1.40. The highest BCUT2D eigenvalue weighted by molar-refractivity contribution is 14.1. The molecule has 1 aliphatic carbocycles. The smallest absolute Gasteiger partial charge is 0.192 e. The average molecular weight is 482 g/mol. The Kier molecular flexibility index (Phi) is 4.33. The zero-order valence-corrected chi connectivity index (χ0v) is 17.3. The van der Waals surface area contributed by atoms with Gasteiger partial charge in [0, 0.05) is 16.9 Å². The second-order valence-corrected chi connectivity index (χ2v) is 8.00. The summed E-state index contributed by atoms with van der Waals surface area (Å²) in [6.45, 7) is 0. The van der Waals surface area contributed by atoms with E-state index in [1.807, 2.05) is 42.5 Å². The number of anilines is 1. The Bertz CT molecular complexity index is 1110. The van der Waals surface area contributed by atoms with Crippen LogP contribution in [-0.2, 0) is 6.42 Å². The number of hydrogen-bond acceptors (Lipinski definition) is 4. The standard InChI is InChI=1S/C22H15IN2OS/c23-25-22-24-21-19-11-8-15(12-16(19)13-20(21)27-22)14-6-9-18(10-7-14)26-17-4-2-1-3-5-17/h1-12H,13H2,(H,24,25). The van der Waals surface area contributed by atoms with Crippen LogP contribution >= 0.6 is 34.2 Å². The Morgan fingerprint density at radius 1 is 0.889 bits per heavy atom. The number of rotatable bonds is 4. The molecule has 3 aromatic carbocycles. The summed E-state index contributed by atoms with van der Waals surface area (Å²) in [6, 6.07) is 24.8. The van der Waals surface area contributed by atoms with Crippen LogP contribution in [0, 0.1) is 0 Å². The van der Waals surface area contributed by atoms with Gasteiger partial charge in [0.15, 0.2) is 5.13 Å². The first kappa shape index (κ1) is 16.8. The van der Waals surface area contributed by atoms with Crippen LogP contribution in [0.1, 0.15) is 10.4 Å². The fourth-order valence-corrected chi connectivity index (χ4v) is 4.73. The molecule has 0 aliphatic heterocycles. The third kappa shape index (κ3) is 3.21. The van der Waals surface area contributed by atoms with Crippen molar-refractivity contribution in [3.05, 3.63) is 83.2 Å². The lowest BCUT2D eigenvalue weighted by Crippen LogP contribution is -1.86. The summed E-state index contributed by atoms with van der Waals surface area (Å²) in [5.41, 5.74) is 6.16. The Labute approximate surface area is 175 Å². The van der Waals surface area contributed by atoms with E-state index in [1.165, 1.54) is 27.1 Å². The van der Waals surface area contributed by atoms with Crippen molar-refractivity contribution in [1.82, 2.24) is 4.98 Å². The predicted molar refractivity (Wildman–Crippen MR) is 120 cm³/mol. The number of hydrogen-bond donors (Lipinski definition) is 1. The Hall–Kier alpha value is -2.38. The monoisotopic (exact) mass is 482 g/mol. The summed E-state index contributed by atoms with van der Waals surface area (Å²) in [5, 5.41) is 0.976. The molecule has 3 nitrogen and oxygen atoms in total. The van der Waals surface area contributed by atoms with E-state index in [0.29, 0.717) is 0 Å². The van der Waals surface area contributed by atoms with E-state index in [0.717, 1.165) is 28.7 Å². The number of halogens is 1. The van der Waals surface area contributed by atoms with E-state index in [4.69, 9.17) is 4.74 Å². The second kappa shape index (κ2) is 6.98. The van der Waals surface area contributed by atoms with Crippen molar-refractivity contribution in [2.24, 2.45) is 0 Å². The van der Waals surface area contributed by atoms with Gasteiger partial charge in [-0.05, 0) is 41.0 Å². The molecular weight excluding hydrogens is 467 g/mol. The van der Waals surface area contributed by atoms with Crippen LogP contribution in [0.15, 0.2) is 72.8 Å². The van der Waals surface area contributed by atoms with Crippen LogP contribution in [0.5, 0.6) is 11.5 Å². The number of benzene rings is 3. The number of fused-ring (bicyclic) bond motifs is 3. The number of ether oxygens (including phenoxy) is 1. The summed E-state index contributed by atoms with van der Waals surface area (Å²) >= 11 is 3.87. The van der Waals surface area contributed by atoms with Crippen LogP contribution in [0.2, 0.25) is 0 Å². The zero-order chi connectivity index (χ0) is 18.2. The predicted octanol–water partition coefficient (Wildman–Crippen LogP) is 6.94. The summed E-state index contributed by atoms with van der Waals surface area (Å²) < 4.78 is 9.00. The molecule has 5 heteroatoms. The highest BCUT2D eigenvalue weighted by Gasteiger charge is 2.23. The van der Waals surface area contributed by atoms with Gasteiger partial charge < -0.3 is 8.27 Å².